The number of hydrogen-bond acceptors (Lipinski definition) is 4. The molecule has 0 spiro atoms. The highest BCUT2D eigenvalue weighted by molar-refractivity contribution is 5.96. The molecule has 0 bridgehead atoms. The van der Waals surface area contributed by atoms with Crippen LogP contribution in [-0.4, -0.2) is 34.1 Å². The van der Waals surface area contributed by atoms with Crippen LogP contribution in [0, 0.1) is 5.92 Å². The third-order valence-electron chi connectivity index (χ3n) is 3.82. The van der Waals surface area contributed by atoms with Crippen LogP contribution in [0.4, 0.5) is 5.82 Å². The summed E-state index contributed by atoms with van der Waals surface area (Å²) in [5.41, 5.74) is 0.947. The first kappa shape index (κ1) is 12.8. The molecule has 1 fully saturated rings. The third-order valence-corrected chi connectivity index (χ3v) is 3.82. The standard InChI is InChI=1S/C15H17N3O2/c1-10-3-2-6-18(8-10)14-12-5-4-11(15(19)20)7-13(12)16-9-17-14/h4-5,7,9-10H,2-3,6,8H2,1H3,(H,19,20)/t10-/m0/s1. The van der Waals surface area contributed by atoms with Gasteiger partial charge in [-0.2, -0.15) is 0 Å². The van der Waals surface area contributed by atoms with Crippen molar-refractivity contribution in [3.8, 4) is 0 Å². The fourth-order valence-corrected chi connectivity index (χ4v) is 2.81. The van der Waals surface area contributed by atoms with Crippen molar-refractivity contribution in [3.05, 3.63) is 30.1 Å². The molecule has 5 heteroatoms. The van der Waals surface area contributed by atoms with E-state index in [-0.39, 0.29) is 5.56 Å². The number of fused-ring (bicyclic) bond motifs is 1. The van der Waals surface area contributed by atoms with Gasteiger partial charge in [-0.1, -0.05) is 6.92 Å². The van der Waals surface area contributed by atoms with E-state index in [4.69, 9.17) is 5.11 Å². The lowest BCUT2D eigenvalue weighted by atomic mass is 10.00. The minimum absolute atomic E-state index is 0.258. The lowest BCUT2D eigenvalue weighted by molar-refractivity contribution is 0.0697. The van der Waals surface area contributed by atoms with Crippen LogP contribution in [0.3, 0.4) is 0 Å². The lowest BCUT2D eigenvalue weighted by Crippen LogP contribution is -2.35. The number of rotatable bonds is 2. The van der Waals surface area contributed by atoms with E-state index < -0.39 is 5.97 Å². The molecule has 0 aliphatic carbocycles. The van der Waals surface area contributed by atoms with Gasteiger partial charge in [-0.3, -0.25) is 0 Å². The van der Waals surface area contributed by atoms with Crippen LogP contribution in [0.5, 0.6) is 0 Å². The van der Waals surface area contributed by atoms with E-state index >= 15 is 0 Å². The molecular weight excluding hydrogens is 254 g/mol. The largest absolute Gasteiger partial charge is 0.478 e. The minimum atomic E-state index is -0.932. The number of carbonyl (C=O) groups is 1. The van der Waals surface area contributed by atoms with E-state index in [0.717, 1.165) is 24.3 Å². The van der Waals surface area contributed by atoms with Gasteiger partial charge in [0.1, 0.15) is 12.1 Å². The predicted octanol–water partition coefficient (Wildman–Crippen LogP) is 2.56. The molecule has 1 atom stereocenters. The average Bonchev–Trinajstić information content (AvgIpc) is 2.46. The smallest absolute Gasteiger partial charge is 0.335 e. The highest BCUT2D eigenvalue weighted by atomic mass is 16.4. The van der Waals surface area contributed by atoms with Crippen LogP contribution in [0.25, 0.3) is 10.9 Å². The van der Waals surface area contributed by atoms with Gasteiger partial charge in [0.25, 0.3) is 0 Å². The van der Waals surface area contributed by atoms with E-state index in [2.05, 4.69) is 21.8 Å². The summed E-state index contributed by atoms with van der Waals surface area (Å²) in [7, 11) is 0. The molecule has 104 valence electrons. The molecule has 0 radical (unpaired) electrons. The first-order valence-corrected chi connectivity index (χ1v) is 6.88. The fourth-order valence-electron chi connectivity index (χ4n) is 2.81. The van der Waals surface area contributed by atoms with Gasteiger partial charge in [0.05, 0.1) is 11.1 Å². The summed E-state index contributed by atoms with van der Waals surface area (Å²) < 4.78 is 0. The zero-order valence-electron chi connectivity index (χ0n) is 11.4. The van der Waals surface area contributed by atoms with Crippen LogP contribution in [-0.2, 0) is 0 Å². The van der Waals surface area contributed by atoms with Crippen LogP contribution in [0.2, 0.25) is 0 Å². The van der Waals surface area contributed by atoms with Gasteiger partial charge < -0.3 is 10.0 Å². The molecule has 2 heterocycles. The van der Waals surface area contributed by atoms with Crippen molar-refractivity contribution in [3.63, 3.8) is 0 Å². The zero-order valence-corrected chi connectivity index (χ0v) is 11.4. The van der Waals surface area contributed by atoms with Gasteiger partial charge in [-0.25, -0.2) is 14.8 Å². The minimum Gasteiger partial charge on any atom is -0.478 e. The monoisotopic (exact) mass is 271 g/mol. The summed E-state index contributed by atoms with van der Waals surface area (Å²) in [6, 6.07) is 5.04. The lowest BCUT2D eigenvalue weighted by Gasteiger charge is -2.32. The molecule has 1 N–H and O–H groups in total. The maximum atomic E-state index is 11.0. The average molecular weight is 271 g/mol. The summed E-state index contributed by atoms with van der Waals surface area (Å²) in [5.74, 6) is 0.643. The second-order valence-electron chi connectivity index (χ2n) is 5.43. The van der Waals surface area contributed by atoms with Gasteiger partial charge in [-0.15, -0.1) is 0 Å². The summed E-state index contributed by atoms with van der Waals surface area (Å²) in [6.07, 6.45) is 3.94. The Balaban J connectivity index is 2.05. The van der Waals surface area contributed by atoms with Crippen LogP contribution in [0.1, 0.15) is 30.1 Å². The molecule has 1 aliphatic heterocycles. The first-order chi connectivity index (χ1) is 9.65. The Kier molecular flexibility index (Phi) is 3.26. The molecule has 0 unspecified atom stereocenters. The fraction of sp³-hybridized carbons (Fsp3) is 0.400. The summed E-state index contributed by atoms with van der Waals surface area (Å²) in [6.45, 7) is 4.24. The van der Waals surface area contributed by atoms with Gasteiger partial charge in [0, 0.05) is 18.5 Å². The second-order valence-corrected chi connectivity index (χ2v) is 5.43. The summed E-state index contributed by atoms with van der Waals surface area (Å²) >= 11 is 0. The Hall–Kier alpha value is -2.17. The van der Waals surface area contributed by atoms with E-state index in [1.165, 1.54) is 19.2 Å². The van der Waals surface area contributed by atoms with Crippen LogP contribution < -0.4 is 4.90 Å². The highest BCUT2D eigenvalue weighted by Crippen LogP contribution is 2.27. The molecule has 1 saturated heterocycles. The summed E-state index contributed by atoms with van der Waals surface area (Å²) in [4.78, 5) is 21.9. The molecule has 2 aromatic rings. The quantitative estimate of drug-likeness (QED) is 0.909. The molecular formula is C15H17N3O2. The van der Waals surface area contributed by atoms with Crippen molar-refractivity contribution in [1.82, 2.24) is 9.97 Å². The number of carboxylic acids is 1. The molecule has 20 heavy (non-hydrogen) atoms. The maximum absolute atomic E-state index is 11.0. The van der Waals surface area contributed by atoms with Crippen LogP contribution in [0.15, 0.2) is 24.5 Å². The van der Waals surface area contributed by atoms with Crippen molar-refractivity contribution in [1.29, 1.82) is 0 Å². The molecule has 0 saturated carbocycles. The van der Waals surface area contributed by atoms with Gasteiger partial charge in [0.15, 0.2) is 0 Å². The normalized spacial score (nSPS) is 19.2. The van der Waals surface area contributed by atoms with Gasteiger partial charge in [0.2, 0.25) is 0 Å². The number of carboxylic acid groups (broad SMARTS) is 1. The summed E-state index contributed by atoms with van der Waals surface area (Å²) in [5, 5.41) is 9.97. The molecule has 1 aromatic heterocycles. The Morgan fingerprint density at radius 1 is 1.40 bits per heavy atom. The maximum Gasteiger partial charge on any atom is 0.335 e. The Labute approximate surface area is 117 Å². The number of piperidine rings is 1. The zero-order chi connectivity index (χ0) is 14.1. The predicted molar refractivity (Wildman–Crippen MR) is 77.1 cm³/mol. The van der Waals surface area contributed by atoms with E-state index in [0.29, 0.717) is 11.4 Å². The van der Waals surface area contributed by atoms with Gasteiger partial charge >= 0.3 is 5.97 Å². The number of benzene rings is 1. The number of anilines is 1. The third kappa shape index (κ3) is 2.31. The highest BCUT2D eigenvalue weighted by Gasteiger charge is 2.19. The molecule has 3 rings (SSSR count). The first-order valence-electron chi connectivity index (χ1n) is 6.88. The van der Waals surface area contributed by atoms with E-state index in [9.17, 15) is 4.79 Å². The Morgan fingerprint density at radius 2 is 2.25 bits per heavy atom. The van der Waals surface area contributed by atoms with Crippen molar-refractivity contribution in [2.24, 2.45) is 5.92 Å². The number of aromatic carboxylic acids is 1. The topological polar surface area (TPSA) is 66.3 Å². The SMILES string of the molecule is C[C@H]1CCCN(c2ncnc3cc(C(=O)O)ccc23)C1. The molecule has 1 aromatic carbocycles. The Morgan fingerprint density at radius 3 is 3.00 bits per heavy atom. The Bertz CT molecular complexity index is 657. The van der Waals surface area contributed by atoms with E-state index in [1.807, 2.05) is 6.07 Å². The van der Waals surface area contributed by atoms with E-state index in [1.54, 1.807) is 12.1 Å². The van der Waals surface area contributed by atoms with Gasteiger partial charge in [-0.05, 0) is 37.0 Å². The van der Waals surface area contributed by atoms with Crippen molar-refractivity contribution >= 4 is 22.7 Å². The number of aromatic nitrogens is 2. The molecule has 1 aliphatic rings. The number of hydrogen-bond donors (Lipinski definition) is 1. The van der Waals surface area contributed by atoms with Crippen molar-refractivity contribution in [2.45, 2.75) is 19.8 Å². The van der Waals surface area contributed by atoms with Crippen molar-refractivity contribution in [2.75, 3.05) is 18.0 Å². The van der Waals surface area contributed by atoms with Crippen LogP contribution >= 0.6 is 0 Å². The molecule has 5 nitrogen and oxygen atoms in total. The number of nitrogens with zero attached hydrogens (tertiary/aromatic N) is 3. The molecule has 0 amide bonds. The second kappa shape index (κ2) is 5.07. The van der Waals surface area contributed by atoms with Crippen molar-refractivity contribution < 1.29 is 9.90 Å².